The molecule has 0 saturated heterocycles. The highest BCUT2D eigenvalue weighted by atomic mass is 19.3. The summed E-state index contributed by atoms with van der Waals surface area (Å²) in [6.45, 7) is -2.87. The zero-order valence-electron chi connectivity index (χ0n) is 9.60. The fourth-order valence-corrected chi connectivity index (χ4v) is 1.68. The second-order valence-corrected chi connectivity index (χ2v) is 3.82. The maximum absolute atomic E-state index is 12.1. The summed E-state index contributed by atoms with van der Waals surface area (Å²) in [7, 11) is 1.50. The van der Waals surface area contributed by atoms with Crippen LogP contribution in [0.3, 0.4) is 0 Å². The van der Waals surface area contributed by atoms with Crippen LogP contribution in [0.4, 0.5) is 14.5 Å². The summed E-state index contributed by atoms with van der Waals surface area (Å²) < 4.78 is 33.8. The van der Waals surface area contributed by atoms with E-state index in [4.69, 9.17) is 10.5 Å². The zero-order valence-corrected chi connectivity index (χ0v) is 9.60. The molecule has 0 fully saturated rings. The molecule has 0 bridgehead atoms. The maximum Gasteiger partial charge on any atom is 0.387 e. The van der Waals surface area contributed by atoms with Gasteiger partial charge in [-0.1, -0.05) is 0 Å². The number of anilines is 1. The Morgan fingerprint density at radius 1 is 1.56 bits per heavy atom. The van der Waals surface area contributed by atoms with Crippen molar-refractivity contribution in [1.29, 1.82) is 0 Å². The van der Waals surface area contributed by atoms with E-state index in [9.17, 15) is 13.6 Å². The quantitative estimate of drug-likeness (QED) is 0.858. The number of nitrogens with two attached hydrogens (primary N) is 1. The third-order valence-electron chi connectivity index (χ3n) is 2.58. The number of carbonyl (C=O) groups is 1. The molecule has 18 heavy (non-hydrogen) atoms. The van der Waals surface area contributed by atoms with Gasteiger partial charge in [0, 0.05) is 13.1 Å². The lowest BCUT2D eigenvalue weighted by atomic mass is 10.2. The van der Waals surface area contributed by atoms with Crippen LogP contribution in [0.1, 0.15) is 0 Å². The van der Waals surface area contributed by atoms with Gasteiger partial charge in [0.15, 0.2) is 0 Å². The van der Waals surface area contributed by atoms with Crippen LogP contribution >= 0.6 is 0 Å². The molecule has 0 radical (unpaired) electrons. The van der Waals surface area contributed by atoms with Gasteiger partial charge in [-0.05, 0) is 12.1 Å². The molecule has 0 saturated carbocycles. The van der Waals surface area contributed by atoms with Crippen molar-refractivity contribution in [2.45, 2.75) is 12.7 Å². The van der Waals surface area contributed by atoms with E-state index in [1.54, 1.807) is 0 Å². The summed E-state index contributed by atoms with van der Waals surface area (Å²) in [5.41, 5.74) is 5.95. The van der Waals surface area contributed by atoms with Gasteiger partial charge in [-0.15, -0.1) is 0 Å². The number of alkyl halides is 2. The largest absolute Gasteiger partial charge is 0.489 e. The van der Waals surface area contributed by atoms with Gasteiger partial charge >= 0.3 is 6.61 Å². The number of nitrogens with zero attached hydrogens (tertiary/aromatic N) is 1. The van der Waals surface area contributed by atoms with E-state index in [1.807, 2.05) is 0 Å². The zero-order chi connectivity index (χ0) is 13.3. The predicted molar refractivity (Wildman–Crippen MR) is 60.0 cm³/mol. The number of amides is 1. The summed E-state index contributed by atoms with van der Waals surface area (Å²) >= 11 is 0. The van der Waals surface area contributed by atoms with Crippen molar-refractivity contribution < 1.29 is 23.0 Å². The molecular weight excluding hydrogens is 246 g/mol. The third-order valence-corrected chi connectivity index (χ3v) is 2.58. The molecule has 5 nitrogen and oxygen atoms in total. The van der Waals surface area contributed by atoms with Crippen LogP contribution in [0.5, 0.6) is 11.5 Å². The maximum atomic E-state index is 12.1. The van der Waals surface area contributed by atoms with Crippen LogP contribution in [0.25, 0.3) is 0 Å². The molecule has 1 heterocycles. The molecule has 0 aliphatic carbocycles. The van der Waals surface area contributed by atoms with Gasteiger partial charge in [-0.3, -0.25) is 4.79 Å². The topological polar surface area (TPSA) is 64.8 Å². The molecule has 1 aromatic carbocycles. The second kappa shape index (κ2) is 4.77. The summed E-state index contributed by atoms with van der Waals surface area (Å²) in [5, 5.41) is 0. The summed E-state index contributed by atoms with van der Waals surface area (Å²) in [5.74, 6) is 0.0193. The highest BCUT2D eigenvalue weighted by Crippen LogP contribution is 2.34. The van der Waals surface area contributed by atoms with E-state index >= 15 is 0 Å². The molecule has 2 N–H and O–H groups in total. The average Bonchev–Trinajstić information content (AvgIpc) is 2.42. The van der Waals surface area contributed by atoms with Crippen molar-refractivity contribution in [1.82, 2.24) is 0 Å². The van der Waals surface area contributed by atoms with Gasteiger partial charge in [-0.25, -0.2) is 0 Å². The highest BCUT2D eigenvalue weighted by Gasteiger charge is 2.27. The lowest BCUT2D eigenvalue weighted by Crippen LogP contribution is -2.43. The van der Waals surface area contributed by atoms with Crippen LogP contribution in [-0.2, 0) is 4.79 Å². The highest BCUT2D eigenvalue weighted by molar-refractivity contribution is 5.98. The number of halogens is 2. The fourth-order valence-electron chi connectivity index (χ4n) is 1.68. The minimum atomic E-state index is -2.92. The Labute approximate surface area is 102 Å². The van der Waals surface area contributed by atoms with Crippen LogP contribution < -0.4 is 20.1 Å². The standard InChI is InChI=1S/C11H12F2N2O3/c1-15-8-4-6(18-11(12)13)2-3-9(8)17-5-7(14)10(15)16/h2-4,7,11H,5,14H2,1H3. The van der Waals surface area contributed by atoms with E-state index in [-0.39, 0.29) is 18.3 Å². The van der Waals surface area contributed by atoms with Gasteiger partial charge < -0.3 is 20.1 Å². The first-order valence-corrected chi connectivity index (χ1v) is 5.24. The van der Waals surface area contributed by atoms with Gasteiger partial charge in [0.25, 0.3) is 0 Å². The molecule has 1 aliphatic heterocycles. The van der Waals surface area contributed by atoms with Gasteiger partial charge in [-0.2, -0.15) is 8.78 Å². The van der Waals surface area contributed by atoms with Crippen LogP contribution in [0.2, 0.25) is 0 Å². The lowest BCUT2D eigenvalue weighted by Gasteiger charge is -2.18. The average molecular weight is 258 g/mol. The predicted octanol–water partition coefficient (Wildman–Crippen LogP) is 0.970. The van der Waals surface area contributed by atoms with E-state index in [0.717, 1.165) is 0 Å². The van der Waals surface area contributed by atoms with Crippen molar-refractivity contribution in [3.8, 4) is 11.5 Å². The van der Waals surface area contributed by atoms with Gasteiger partial charge in [0.05, 0.1) is 5.69 Å². The van der Waals surface area contributed by atoms with Crippen molar-refractivity contribution in [2.75, 3.05) is 18.6 Å². The van der Waals surface area contributed by atoms with E-state index in [2.05, 4.69) is 4.74 Å². The van der Waals surface area contributed by atoms with Crippen molar-refractivity contribution >= 4 is 11.6 Å². The molecule has 98 valence electrons. The van der Waals surface area contributed by atoms with E-state index in [0.29, 0.717) is 11.4 Å². The van der Waals surface area contributed by atoms with E-state index < -0.39 is 12.7 Å². The monoisotopic (exact) mass is 258 g/mol. The molecule has 1 aromatic rings. The summed E-state index contributed by atoms with van der Waals surface area (Å²) in [6, 6.07) is 3.36. The van der Waals surface area contributed by atoms with Gasteiger partial charge in [0.2, 0.25) is 5.91 Å². The normalized spacial score (nSPS) is 19.3. The van der Waals surface area contributed by atoms with Crippen molar-refractivity contribution in [3.63, 3.8) is 0 Å². The Balaban J connectivity index is 2.36. The number of fused-ring (bicyclic) bond motifs is 1. The number of hydrogen-bond donors (Lipinski definition) is 1. The summed E-state index contributed by atoms with van der Waals surface area (Å²) in [6.07, 6.45) is 0. The number of carbonyl (C=O) groups excluding carboxylic acids is 1. The Bertz CT molecular complexity index is 468. The molecule has 1 aliphatic rings. The molecule has 1 unspecified atom stereocenters. The SMILES string of the molecule is CN1C(=O)C(N)COc2ccc(OC(F)F)cc21. The van der Waals surface area contributed by atoms with Crippen molar-refractivity contribution in [3.05, 3.63) is 18.2 Å². The Morgan fingerprint density at radius 3 is 2.94 bits per heavy atom. The van der Waals surface area contributed by atoms with Crippen LogP contribution in [0, 0.1) is 0 Å². The smallest absolute Gasteiger partial charge is 0.387 e. The minimum absolute atomic E-state index is 0.0394. The lowest BCUT2D eigenvalue weighted by molar-refractivity contribution is -0.119. The Morgan fingerprint density at radius 2 is 2.28 bits per heavy atom. The number of likely N-dealkylation sites (N-methyl/N-ethyl adjacent to an activating group) is 1. The molecule has 0 spiro atoms. The number of ether oxygens (including phenoxy) is 2. The first-order chi connectivity index (χ1) is 8.49. The Hall–Kier alpha value is -1.89. The molecule has 2 rings (SSSR count). The fraction of sp³-hybridized carbons (Fsp3) is 0.364. The molecule has 0 aromatic heterocycles. The summed E-state index contributed by atoms with van der Waals surface area (Å²) in [4.78, 5) is 13.0. The minimum Gasteiger partial charge on any atom is -0.489 e. The Kier molecular flexibility index (Phi) is 3.33. The molecule has 7 heteroatoms. The molecule has 1 atom stereocenters. The third kappa shape index (κ3) is 2.35. The first kappa shape index (κ1) is 12.6. The number of benzene rings is 1. The van der Waals surface area contributed by atoms with Crippen molar-refractivity contribution in [2.24, 2.45) is 5.73 Å². The first-order valence-electron chi connectivity index (χ1n) is 5.24. The second-order valence-electron chi connectivity index (χ2n) is 3.82. The van der Waals surface area contributed by atoms with E-state index in [1.165, 1.54) is 30.1 Å². The number of hydrogen-bond acceptors (Lipinski definition) is 4. The number of rotatable bonds is 2. The molecular formula is C11H12F2N2O3. The molecule has 1 amide bonds. The van der Waals surface area contributed by atoms with Crippen LogP contribution in [-0.4, -0.2) is 32.2 Å². The van der Waals surface area contributed by atoms with Crippen LogP contribution in [0.15, 0.2) is 18.2 Å². The van der Waals surface area contributed by atoms with Gasteiger partial charge in [0.1, 0.15) is 24.1 Å².